The van der Waals surface area contributed by atoms with Crippen LogP contribution in [-0.2, 0) is 11.3 Å². The Balaban J connectivity index is 1.38. The Hall–Kier alpha value is -2.67. The first-order valence-electron chi connectivity index (χ1n) is 10.2. The molecule has 3 rings (SSSR count). The molecule has 0 aromatic heterocycles. The zero-order valence-electron chi connectivity index (χ0n) is 17.6. The van der Waals surface area contributed by atoms with Crippen molar-refractivity contribution in [1.82, 2.24) is 15.5 Å². The van der Waals surface area contributed by atoms with Crippen molar-refractivity contribution >= 4 is 23.6 Å². The first-order chi connectivity index (χ1) is 14.7. The Kier molecular flexibility index (Phi) is 8.44. The predicted molar refractivity (Wildman–Crippen MR) is 123 cm³/mol. The third kappa shape index (κ3) is 6.69. The minimum Gasteiger partial charge on any atom is -0.497 e. The number of likely N-dealkylation sites (tertiary alicyclic amines) is 1. The van der Waals surface area contributed by atoms with E-state index in [1.54, 1.807) is 14.2 Å². The summed E-state index contributed by atoms with van der Waals surface area (Å²) in [5, 5.41) is 6.13. The van der Waals surface area contributed by atoms with Crippen molar-refractivity contribution in [3.63, 3.8) is 0 Å². The Morgan fingerprint density at radius 3 is 2.63 bits per heavy atom. The van der Waals surface area contributed by atoms with E-state index in [-0.39, 0.29) is 12.5 Å². The van der Waals surface area contributed by atoms with Gasteiger partial charge in [0.1, 0.15) is 5.75 Å². The summed E-state index contributed by atoms with van der Waals surface area (Å²) in [5.41, 5.74) is 1.03. The second-order valence-electron chi connectivity index (χ2n) is 7.25. The number of guanidine groups is 1. The Morgan fingerprint density at radius 2 is 1.93 bits per heavy atom. The van der Waals surface area contributed by atoms with E-state index in [0.717, 1.165) is 42.5 Å². The second kappa shape index (κ2) is 11.5. The van der Waals surface area contributed by atoms with Crippen LogP contribution in [0.5, 0.6) is 5.75 Å². The highest BCUT2D eigenvalue weighted by Gasteiger charge is 2.25. The number of methoxy groups -OCH3 is 1. The van der Waals surface area contributed by atoms with Crippen molar-refractivity contribution in [3.05, 3.63) is 60.2 Å². The zero-order chi connectivity index (χ0) is 21.2. The summed E-state index contributed by atoms with van der Waals surface area (Å²) in [5.74, 6) is 3.27. The molecule has 0 radical (unpaired) electrons. The Morgan fingerprint density at radius 1 is 1.17 bits per heavy atom. The van der Waals surface area contributed by atoms with E-state index in [1.165, 1.54) is 4.90 Å². The monoisotopic (exact) mass is 426 g/mol. The average Bonchev–Trinajstić information content (AvgIpc) is 3.26. The molecule has 2 N–H and O–H groups in total. The summed E-state index contributed by atoms with van der Waals surface area (Å²) >= 11 is 1.91. The molecule has 1 aliphatic rings. The maximum absolute atomic E-state index is 12.2. The third-order valence-corrected chi connectivity index (χ3v) is 6.33. The standard InChI is InChI=1S/C23H30N4O2S/c1-24-23(26-15-22(28)25-14-18-8-10-20(29-2)11-9-18)27-13-12-19(16-27)17-30-21-6-4-3-5-7-21/h3-11,19H,12-17H2,1-2H3,(H,24,26)(H,25,28). The van der Waals surface area contributed by atoms with Gasteiger partial charge in [-0.15, -0.1) is 11.8 Å². The van der Waals surface area contributed by atoms with E-state index in [2.05, 4.69) is 44.8 Å². The number of carbonyl (C=O) groups is 1. The fourth-order valence-electron chi connectivity index (χ4n) is 3.39. The number of carbonyl (C=O) groups excluding carboxylic acids is 1. The van der Waals surface area contributed by atoms with Crippen LogP contribution >= 0.6 is 11.8 Å². The smallest absolute Gasteiger partial charge is 0.239 e. The molecule has 160 valence electrons. The molecular weight excluding hydrogens is 396 g/mol. The number of hydrogen-bond acceptors (Lipinski definition) is 4. The number of aliphatic imine (C=N–C) groups is 1. The highest BCUT2D eigenvalue weighted by atomic mass is 32.2. The lowest BCUT2D eigenvalue weighted by molar-refractivity contribution is -0.120. The number of ether oxygens (including phenoxy) is 1. The van der Waals surface area contributed by atoms with Gasteiger partial charge in [-0.3, -0.25) is 9.79 Å². The first-order valence-corrected chi connectivity index (χ1v) is 11.2. The summed E-state index contributed by atoms with van der Waals surface area (Å²) in [4.78, 5) is 20.1. The van der Waals surface area contributed by atoms with Gasteiger partial charge < -0.3 is 20.3 Å². The van der Waals surface area contributed by atoms with Crippen molar-refractivity contribution in [1.29, 1.82) is 0 Å². The molecule has 1 fully saturated rings. The number of nitrogens with zero attached hydrogens (tertiary/aromatic N) is 2. The number of amides is 1. The Bertz CT molecular complexity index is 827. The highest BCUT2D eigenvalue weighted by Crippen LogP contribution is 2.25. The van der Waals surface area contributed by atoms with Gasteiger partial charge in [0.25, 0.3) is 0 Å². The molecule has 0 saturated carbocycles. The molecule has 2 aromatic rings. The van der Waals surface area contributed by atoms with Crippen molar-refractivity contribution in [2.75, 3.05) is 39.5 Å². The fourth-order valence-corrected chi connectivity index (χ4v) is 4.44. The molecular formula is C23H30N4O2S. The van der Waals surface area contributed by atoms with Crippen LogP contribution in [0, 0.1) is 5.92 Å². The molecule has 1 saturated heterocycles. The molecule has 1 amide bonds. The topological polar surface area (TPSA) is 66.0 Å². The molecule has 1 heterocycles. The zero-order valence-corrected chi connectivity index (χ0v) is 18.5. The van der Waals surface area contributed by atoms with Gasteiger partial charge in [-0.1, -0.05) is 30.3 Å². The number of thioether (sulfide) groups is 1. The van der Waals surface area contributed by atoms with Gasteiger partial charge in [0.05, 0.1) is 13.7 Å². The number of rotatable bonds is 8. The molecule has 2 aromatic carbocycles. The van der Waals surface area contributed by atoms with Crippen LogP contribution in [-0.4, -0.2) is 56.3 Å². The van der Waals surface area contributed by atoms with Crippen molar-refractivity contribution < 1.29 is 9.53 Å². The van der Waals surface area contributed by atoms with Crippen LogP contribution in [0.15, 0.2) is 64.5 Å². The minimum atomic E-state index is -0.0534. The van der Waals surface area contributed by atoms with Crippen LogP contribution in [0.3, 0.4) is 0 Å². The van der Waals surface area contributed by atoms with Gasteiger partial charge in [0, 0.05) is 37.3 Å². The van der Waals surface area contributed by atoms with Crippen molar-refractivity contribution in [2.24, 2.45) is 10.9 Å². The summed E-state index contributed by atoms with van der Waals surface area (Å²) < 4.78 is 5.15. The molecule has 1 atom stereocenters. The average molecular weight is 427 g/mol. The molecule has 7 heteroatoms. The van der Waals surface area contributed by atoms with E-state index in [9.17, 15) is 4.79 Å². The lowest BCUT2D eigenvalue weighted by atomic mass is 10.2. The third-order valence-electron chi connectivity index (χ3n) is 5.08. The summed E-state index contributed by atoms with van der Waals surface area (Å²) in [6.07, 6.45) is 1.14. The predicted octanol–water partition coefficient (Wildman–Crippen LogP) is 3.00. The SMILES string of the molecule is CN=C(NCC(=O)NCc1ccc(OC)cc1)N1CCC(CSc2ccccc2)C1. The van der Waals surface area contributed by atoms with E-state index in [1.807, 2.05) is 42.1 Å². The molecule has 0 aliphatic carbocycles. The minimum absolute atomic E-state index is 0.0534. The van der Waals surface area contributed by atoms with Crippen LogP contribution < -0.4 is 15.4 Å². The fraction of sp³-hybridized carbons (Fsp3) is 0.391. The maximum atomic E-state index is 12.2. The summed E-state index contributed by atoms with van der Waals surface area (Å²) in [7, 11) is 3.41. The van der Waals surface area contributed by atoms with Gasteiger partial charge in [-0.05, 0) is 42.2 Å². The molecule has 0 bridgehead atoms. The highest BCUT2D eigenvalue weighted by molar-refractivity contribution is 7.99. The molecule has 30 heavy (non-hydrogen) atoms. The largest absolute Gasteiger partial charge is 0.497 e. The quantitative estimate of drug-likeness (QED) is 0.386. The second-order valence-corrected chi connectivity index (χ2v) is 8.34. The van der Waals surface area contributed by atoms with Gasteiger partial charge in [0.2, 0.25) is 5.91 Å². The van der Waals surface area contributed by atoms with Crippen LogP contribution in [0.1, 0.15) is 12.0 Å². The van der Waals surface area contributed by atoms with Crippen molar-refractivity contribution in [2.45, 2.75) is 17.9 Å². The molecule has 1 aliphatic heterocycles. The van der Waals surface area contributed by atoms with Crippen LogP contribution in [0.25, 0.3) is 0 Å². The van der Waals surface area contributed by atoms with E-state index in [0.29, 0.717) is 12.5 Å². The molecule has 0 spiro atoms. The summed E-state index contributed by atoms with van der Waals surface area (Å²) in [6, 6.07) is 18.2. The summed E-state index contributed by atoms with van der Waals surface area (Å²) in [6.45, 7) is 2.63. The van der Waals surface area contributed by atoms with Gasteiger partial charge in [-0.2, -0.15) is 0 Å². The van der Waals surface area contributed by atoms with Crippen LogP contribution in [0.4, 0.5) is 0 Å². The van der Waals surface area contributed by atoms with E-state index < -0.39 is 0 Å². The molecule has 1 unspecified atom stereocenters. The maximum Gasteiger partial charge on any atom is 0.239 e. The molecule has 6 nitrogen and oxygen atoms in total. The van der Waals surface area contributed by atoms with Crippen molar-refractivity contribution in [3.8, 4) is 5.75 Å². The first kappa shape index (κ1) is 22.0. The number of benzene rings is 2. The number of hydrogen-bond donors (Lipinski definition) is 2. The lowest BCUT2D eigenvalue weighted by Crippen LogP contribution is -2.44. The Labute approximate surface area is 183 Å². The van der Waals surface area contributed by atoms with E-state index in [4.69, 9.17) is 4.74 Å². The van der Waals surface area contributed by atoms with Crippen LogP contribution in [0.2, 0.25) is 0 Å². The van der Waals surface area contributed by atoms with Gasteiger partial charge in [0.15, 0.2) is 5.96 Å². The lowest BCUT2D eigenvalue weighted by Gasteiger charge is -2.21. The number of nitrogens with one attached hydrogen (secondary N) is 2. The van der Waals surface area contributed by atoms with Gasteiger partial charge >= 0.3 is 0 Å². The van der Waals surface area contributed by atoms with E-state index >= 15 is 0 Å². The normalized spacial score (nSPS) is 16.4. The van der Waals surface area contributed by atoms with Gasteiger partial charge in [-0.25, -0.2) is 0 Å².